The Hall–Kier alpha value is -2.24. The molecule has 1 aromatic carbocycles. The van der Waals surface area contributed by atoms with Crippen molar-refractivity contribution in [3.8, 4) is 5.75 Å². The second kappa shape index (κ2) is 6.47. The first-order valence-electron chi connectivity index (χ1n) is 6.58. The summed E-state index contributed by atoms with van der Waals surface area (Å²) in [4.78, 5) is 24.8. The summed E-state index contributed by atoms with van der Waals surface area (Å²) < 4.78 is 5.05. The number of amides is 2. The molecule has 6 heteroatoms. The van der Waals surface area contributed by atoms with Crippen molar-refractivity contribution in [1.82, 2.24) is 5.32 Å². The molecule has 0 saturated heterocycles. The number of hydrogen-bond acceptors (Lipinski definition) is 3. The molecule has 0 bridgehead atoms. The molecule has 0 saturated carbocycles. The molecule has 1 atom stereocenters. The Morgan fingerprint density at radius 3 is 2.14 bits per heavy atom. The number of carboxylic acid groups (broad SMARTS) is 1. The lowest BCUT2D eigenvalue weighted by atomic mass is 9.87. The third-order valence-corrected chi connectivity index (χ3v) is 3.15. The van der Waals surface area contributed by atoms with E-state index < -0.39 is 23.5 Å². The van der Waals surface area contributed by atoms with Gasteiger partial charge in [-0.1, -0.05) is 20.8 Å². The number of carbonyl (C=O) groups excluding carboxylic acids is 1. The maximum Gasteiger partial charge on any atom is 0.326 e. The fraction of sp³-hybridized carbons (Fsp3) is 0.467. The normalized spacial score (nSPS) is 12.4. The molecular weight excluding hydrogens is 272 g/mol. The summed E-state index contributed by atoms with van der Waals surface area (Å²) in [6, 6.07) is 5.49. The van der Waals surface area contributed by atoms with E-state index in [1.54, 1.807) is 59.2 Å². The second-order valence-electron chi connectivity index (χ2n) is 5.84. The summed E-state index contributed by atoms with van der Waals surface area (Å²) in [5.74, 6) is -0.371. The molecule has 0 heterocycles. The van der Waals surface area contributed by atoms with Gasteiger partial charge in [0.2, 0.25) is 0 Å². The van der Waals surface area contributed by atoms with Crippen LogP contribution in [-0.4, -0.2) is 37.3 Å². The first-order chi connectivity index (χ1) is 9.66. The highest BCUT2D eigenvalue weighted by atomic mass is 16.5. The number of aliphatic carboxylic acids is 1. The molecule has 0 unspecified atom stereocenters. The Morgan fingerprint density at radius 1 is 1.24 bits per heavy atom. The highest BCUT2D eigenvalue weighted by Crippen LogP contribution is 2.21. The standard InChI is InChI=1S/C15H22N2O4/c1-15(2,3)12(13(18)19)16-14(20)17(4)10-6-8-11(21-5)9-7-10/h6-9,12H,1-5H3,(H,16,20)(H,18,19)/t12-/m1/s1. The van der Waals surface area contributed by atoms with Crippen LogP contribution in [0.3, 0.4) is 0 Å². The molecule has 0 aliphatic rings. The number of benzene rings is 1. The summed E-state index contributed by atoms with van der Waals surface area (Å²) in [7, 11) is 3.14. The van der Waals surface area contributed by atoms with Gasteiger partial charge in [0.1, 0.15) is 11.8 Å². The van der Waals surface area contributed by atoms with E-state index in [1.165, 1.54) is 4.90 Å². The third-order valence-electron chi connectivity index (χ3n) is 3.15. The third kappa shape index (κ3) is 4.37. The smallest absolute Gasteiger partial charge is 0.326 e. The average Bonchev–Trinajstić information content (AvgIpc) is 2.42. The van der Waals surface area contributed by atoms with Crippen molar-refractivity contribution in [3.63, 3.8) is 0 Å². The Labute approximate surface area is 124 Å². The SMILES string of the molecule is COc1ccc(N(C)C(=O)N[C@H](C(=O)O)C(C)(C)C)cc1. The number of carboxylic acids is 1. The zero-order valence-corrected chi connectivity index (χ0v) is 13.0. The molecule has 0 fully saturated rings. The van der Waals surface area contributed by atoms with E-state index in [9.17, 15) is 14.7 Å². The molecule has 6 nitrogen and oxygen atoms in total. The van der Waals surface area contributed by atoms with Crippen molar-refractivity contribution in [3.05, 3.63) is 24.3 Å². The van der Waals surface area contributed by atoms with Crippen molar-refractivity contribution < 1.29 is 19.4 Å². The van der Waals surface area contributed by atoms with Crippen molar-refractivity contribution in [2.24, 2.45) is 5.41 Å². The van der Waals surface area contributed by atoms with Gasteiger partial charge < -0.3 is 15.2 Å². The molecule has 1 rings (SSSR count). The van der Waals surface area contributed by atoms with Crippen LogP contribution in [0, 0.1) is 5.41 Å². The molecular formula is C15H22N2O4. The molecule has 1 aromatic rings. The Morgan fingerprint density at radius 2 is 1.76 bits per heavy atom. The van der Waals surface area contributed by atoms with Gasteiger partial charge in [-0.05, 0) is 29.7 Å². The van der Waals surface area contributed by atoms with E-state index in [1.807, 2.05) is 0 Å². The lowest BCUT2D eigenvalue weighted by molar-refractivity contribution is -0.141. The van der Waals surface area contributed by atoms with Crippen LogP contribution in [0.5, 0.6) is 5.75 Å². The predicted molar refractivity (Wildman–Crippen MR) is 80.8 cm³/mol. The maximum absolute atomic E-state index is 12.2. The van der Waals surface area contributed by atoms with Crippen LogP contribution in [0.4, 0.5) is 10.5 Å². The number of rotatable bonds is 4. The number of hydrogen-bond donors (Lipinski definition) is 2. The number of nitrogens with one attached hydrogen (secondary N) is 1. The zero-order valence-electron chi connectivity index (χ0n) is 13.0. The summed E-state index contributed by atoms with van der Waals surface area (Å²) in [5, 5.41) is 11.8. The van der Waals surface area contributed by atoms with Gasteiger partial charge in [-0.3, -0.25) is 4.90 Å². The highest BCUT2D eigenvalue weighted by Gasteiger charge is 2.33. The molecule has 2 N–H and O–H groups in total. The van der Waals surface area contributed by atoms with Crippen LogP contribution >= 0.6 is 0 Å². The van der Waals surface area contributed by atoms with Crippen molar-refractivity contribution in [2.75, 3.05) is 19.1 Å². The van der Waals surface area contributed by atoms with Gasteiger partial charge in [0.15, 0.2) is 0 Å². The van der Waals surface area contributed by atoms with Crippen LogP contribution in [-0.2, 0) is 4.79 Å². The van der Waals surface area contributed by atoms with Crippen molar-refractivity contribution in [2.45, 2.75) is 26.8 Å². The molecule has 0 aromatic heterocycles. The Bertz CT molecular complexity index is 505. The van der Waals surface area contributed by atoms with Crippen molar-refractivity contribution in [1.29, 1.82) is 0 Å². The Balaban J connectivity index is 2.84. The van der Waals surface area contributed by atoms with Gasteiger partial charge in [0.05, 0.1) is 7.11 Å². The van der Waals surface area contributed by atoms with Gasteiger partial charge in [-0.2, -0.15) is 0 Å². The van der Waals surface area contributed by atoms with E-state index in [4.69, 9.17) is 4.74 Å². The highest BCUT2D eigenvalue weighted by molar-refractivity contribution is 5.94. The van der Waals surface area contributed by atoms with Crippen LogP contribution in [0.15, 0.2) is 24.3 Å². The fourth-order valence-electron chi connectivity index (χ4n) is 1.79. The van der Waals surface area contributed by atoms with Gasteiger partial charge in [-0.25, -0.2) is 9.59 Å². The van der Waals surface area contributed by atoms with Crippen molar-refractivity contribution >= 4 is 17.7 Å². The summed E-state index contributed by atoms with van der Waals surface area (Å²) in [5.41, 5.74) is 0.0637. The number of nitrogens with zero attached hydrogens (tertiary/aromatic N) is 1. The number of methoxy groups -OCH3 is 1. The minimum absolute atomic E-state index is 0.470. The molecule has 0 radical (unpaired) electrons. The van der Waals surface area contributed by atoms with Crippen LogP contribution in [0.2, 0.25) is 0 Å². The predicted octanol–water partition coefficient (Wildman–Crippen LogP) is 2.34. The monoisotopic (exact) mass is 294 g/mol. The second-order valence-corrected chi connectivity index (χ2v) is 5.84. The number of ether oxygens (including phenoxy) is 1. The van der Waals surface area contributed by atoms with Gasteiger partial charge >= 0.3 is 12.0 Å². The van der Waals surface area contributed by atoms with Crippen LogP contribution in [0.25, 0.3) is 0 Å². The molecule has 0 aliphatic heterocycles. The molecule has 2 amide bonds. The minimum atomic E-state index is -1.06. The van der Waals surface area contributed by atoms with E-state index in [0.717, 1.165) is 0 Å². The molecule has 116 valence electrons. The largest absolute Gasteiger partial charge is 0.497 e. The summed E-state index contributed by atoms with van der Waals surface area (Å²) in [6.07, 6.45) is 0. The summed E-state index contributed by atoms with van der Waals surface area (Å²) >= 11 is 0. The van der Waals surface area contributed by atoms with Gasteiger partial charge in [0, 0.05) is 12.7 Å². The van der Waals surface area contributed by atoms with Crippen LogP contribution < -0.4 is 15.0 Å². The average molecular weight is 294 g/mol. The summed E-state index contributed by atoms with van der Waals surface area (Å²) in [6.45, 7) is 5.29. The Kier molecular flexibility index (Phi) is 5.18. The van der Waals surface area contributed by atoms with Gasteiger partial charge in [-0.15, -0.1) is 0 Å². The fourth-order valence-corrected chi connectivity index (χ4v) is 1.79. The number of anilines is 1. The van der Waals surface area contributed by atoms with Crippen LogP contribution in [0.1, 0.15) is 20.8 Å². The first-order valence-corrected chi connectivity index (χ1v) is 6.58. The lowest BCUT2D eigenvalue weighted by Crippen LogP contribution is -2.52. The first kappa shape index (κ1) is 16.8. The molecule has 0 aliphatic carbocycles. The number of carbonyl (C=O) groups is 2. The van der Waals surface area contributed by atoms with E-state index >= 15 is 0 Å². The molecule has 0 spiro atoms. The zero-order chi connectivity index (χ0) is 16.2. The van der Waals surface area contributed by atoms with Gasteiger partial charge in [0.25, 0.3) is 0 Å². The number of urea groups is 1. The van der Waals surface area contributed by atoms with E-state index in [-0.39, 0.29) is 0 Å². The maximum atomic E-state index is 12.2. The van der Waals surface area contributed by atoms with E-state index in [0.29, 0.717) is 11.4 Å². The lowest BCUT2D eigenvalue weighted by Gasteiger charge is -2.29. The molecule has 21 heavy (non-hydrogen) atoms. The minimum Gasteiger partial charge on any atom is -0.497 e. The topological polar surface area (TPSA) is 78.9 Å². The quantitative estimate of drug-likeness (QED) is 0.893. The van der Waals surface area contributed by atoms with E-state index in [2.05, 4.69) is 5.32 Å².